The van der Waals surface area contributed by atoms with Crippen LogP contribution in [0.4, 0.5) is 0 Å². The van der Waals surface area contributed by atoms with E-state index in [1.165, 1.54) is 4.90 Å². The maximum absolute atomic E-state index is 12.4. The highest BCUT2D eigenvalue weighted by Crippen LogP contribution is 2.20. The lowest BCUT2D eigenvalue weighted by molar-refractivity contribution is -0.137. The predicted octanol–water partition coefficient (Wildman–Crippen LogP) is 2.83. The molecule has 0 aliphatic carbocycles. The molecule has 0 aromatic heterocycles. The first-order valence-electron chi connectivity index (χ1n) is 6.09. The number of hydrogen-bond acceptors (Lipinski definition) is 2. The van der Waals surface area contributed by atoms with Crippen molar-refractivity contribution in [2.75, 3.05) is 13.1 Å². The maximum atomic E-state index is 12.4. The van der Waals surface area contributed by atoms with Crippen molar-refractivity contribution in [1.29, 1.82) is 0 Å². The molecule has 104 valence electrons. The van der Waals surface area contributed by atoms with Gasteiger partial charge in [0.1, 0.15) is 6.54 Å². The molecule has 1 N–H and O–H groups in total. The van der Waals surface area contributed by atoms with Crippen molar-refractivity contribution in [1.82, 2.24) is 4.90 Å². The van der Waals surface area contributed by atoms with Crippen LogP contribution in [0.5, 0.6) is 0 Å². The summed E-state index contributed by atoms with van der Waals surface area (Å²) >= 11 is 5.99. The number of halogens is 1. The highest BCUT2D eigenvalue weighted by Gasteiger charge is 2.21. The highest BCUT2D eigenvalue weighted by molar-refractivity contribution is 6.31. The number of carboxylic acids is 1. The normalized spacial score (nSPS) is 10.6. The Balaban J connectivity index is 3.04. The maximum Gasteiger partial charge on any atom is 0.323 e. The van der Waals surface area contributed by atoms with Gasteiger partial charge in [-0.25, -0.2) is 0 Å². The Morgan fingerprint density at radius 1 is 1.37 bits per heavy atom. The number of carboxylic acid groups (broad SMARTS) is 1. The molecular weight excluding hydrogens is 266 g/mol. The number of carbonyl (C=O) groups excluding carboxylic acids is 1. The molecule has 0 aliphatic rings. The van der Waals surface area contributed by atoms with Gasteiger partial charge in [0, 0.05) is 17.1 Å². The van der Waals surface area contributed by atoms with Gasteiger partial charge < -0.3 is 10.0 Å². The minimum absolute atomic E-state index is 0.197. The van der Waals surface area contributed by atoms with Crippen LogP contribution in [0.15, 0.2) is 18.2 Å². The van der Waals surface area contributed by atoms with Gasteiger partial charge in [0.25, 0.3) is 5.91 Å². The van der Waals surface area contributed by atoms with Crippen molar-refractivity contribution in [2.45, 2.75) is 20.8 Å². The zero-order valence-electron chi connectivity index (χ0n) is 11.3. The zero-order valence-corrected chi connectivity index (χ0v) is 12.1. The lowest BCUT2D eigenvalue weighted by Crippen LogP contribution is -2.38. The van der Waals surface area contributed by atoms with Gasteiger partial charge in [-0.2, -0.15) is 0 Å². The summed E-state index contributed by atoms with van der Waals surface area (Å²) in [5.41, 5.74) is 1.13. The topological polar surface area (TPSA) is 57.6 Å². The quantitative estimate of drug-likeness (QED) is 0.904. The van der Waals surface area contributed by atoms with E-state index in [4.69, 9.17) is 16.7 Å². The molecule has 19 heavy (non-hydrogen) atoms. The van der Waals surface area contributed by atoms with Crippen LogP contribution >= 0.6 is 11.6 Å². The molecule has 0 bridgehead atoms. The number of rotatable bonds is 5. The average Bonchev–Trinajstić information content (AvgIpc) is 2.30. The fraction of sp³-hybridized carbons (Fsp3) is 0.429. The number of nitrogens with zero attached hydrogens (tertiary/aromatic N) is 1. The molecular formula is C14H18ClNO3. The van der Waals surface area contributed by atoms with E-state index in [0.717, 1.165) is 0 Å². The van der Waals surface area contributed by atoms with Gasteiger partial charge in [-0.05, 0) is 30.5 Å². The Labute approximate surface area is 118 Å². The molecule has 0 unspecified atom stereocenters. The minimum Gasteiger partial charge on any atom is -0.480 e. The summed E-state index contributed by atoms with van der Waals surface area (Å²) in [6.07, 6.45) is 0. The third kappa shape index (κ3) is 4.24. The van der Waals surface area contributed by atoms with Crippen LogP contribution in [0, 0.1) is 12.8 Å². The van der Waals surface area contributed by atoms with E-state index in [1.54, 1.807) is 25.1 Å². The van der Waals surface area contributed by atoms with E-state index in [1.807, 2.05) is 13.8 Å². The van der Waals surface area contributed by atoms with E-state index in [2.05, 4.69) is 0 Å². The van der Waals surface area contributed by atoms with Crippen LogP contribution in [0.25, 0.3) is 0 Å². The van der Waals surface area contributed by atoms with Gasteiger partial charge in [-0.15, -0.1) is 0 Å². The largest absolute Gasteiger partial charge is 0.480 e. The Morgan fingerprint density at radius 2 is 2.00 bits per heavy atom. The Bertz CT molecular complexity index is 486. The molecule has 0 spiro atoms. The van der Waals surface area contributed by atoms with E-state index >= 15 is 0 Å². The van der Waals surface area contributed by atoms with Gasteiger partial charge in [0.2, 0.25) is 0 Å². The van der Waals surface area contributed by atoms with Crippen molar-refractivity contribution in [3.05, 3.63) is 34.3 Å². The highest BCUT2D eigenvalue weighted by atomic mass is 35.5. The summed E-state index contributed by atoms with van der Waals surface area (Å²) in [4.78, 5) is 24.6. The molecule has 1 aromatic rings. The van der Waals surface area contributed by atoms with Crippen molar-refractivity contribution >= 4 is 23.5 Å². The minimum atomic E-state index is -1.02. The SMILES string of the molecule is Cc1c(Cl)cccc1C(=O)N(CC(=O)O)CC(C)C. The predicted molar refractivity (Wildman–Crippen MR) is 74.6 cm³/mol. The van der Waals surface area contributed by atoms with Gasteiger partial charge >= 0.3 is 5.97 Å². The third-order valence-electron chi connectivity index (χ3n) is 2.70. The Morgan fingerprint density at radius 3 is 2.53 bits per heavy atom. The van der Waals surface area contributed by atoms with E-state index in [-0.39, 0.29) is 18.4 Å². The molecule has 0 radical (unpaired) electrons. The molecule has 0 saturated heterocycles. The standard InChI is InChI=1S/C14H18ClNO3/c1-9(2)7-16(8-13(17)18)14(19)11-5-4-6-12(15)10(11)3/h4-6,9H,7-8H2,1-3H3,(H,17,18). The summed E-state index contributed by atoms with van der Waals surface area (Å²) in [5, 5.41) is 9.40. The van der Waals surface area contributed by atoms with Crippen LogP contribution in [-0.4, -0.2) is 35.0 Å². The van der Waals surface area contributed by atoms with Gasteiger partial charge in [0.05, 0.1) is 0 Å². The molecule has 0 atom stereocenters. The second-order valence-corrected chi connectivity index (χ2v) is 5.29. The number of aliphatic carboxylic acids is 1. The van der Waals surface area contributed by atoms with Crippen LogP contribution in [-0.2, 0) is 4.79 Å². The van der Waals surface area contributed by atoms with Crippen molar-refractivity contribution in [3.63, 3.8) is 0 Å². The van der Waals surface area contributed by atoms with E-state index in [9.17, 15) is 9.59 Å². The summed E-state index contributed by atoms with van der Waals surface area (Å²) < 4.78 is 0. The molecule has 0 heterocycles. The number of hydrogen-bond donors (Lipinski definition) is 1. The van der Waals surface area contributed by atoms with Crippen molar-refractivity contribution in [3.8, 4) is 0 Å². The summed E-state index contributed by atoms with van der Waals surface area (Å²) in [6, 6.07) is 5.06. The van der Waals surface area contributed by atoms with Crippen LogP contribution in [0.1, 0.15) is 29.8 Å². The Hall–Kier alpha value is -1.55. The lowest BCUT2D eigenvalue weighted by Gasteiger charge is -2.23. The molecule has 1 aromatic carbocycles. The average molecular weight is 284 g/mol. The lowest BCUT2D eigenvalue weighted by atomic mass is 10.1. The van der Waals surface area contributed by atoms with Crippen molar-refractivity contribution < 1.29 is 14.7 Å². The van der Waals surface area contributed by atoms with Crippen LogP contribution in [0.2, 0.25) is 5.02 Å². The molecule has 1 rings (SSSR count). The molecule has 1 amide bonds. The summed E-state index contributed by atoms with van der Waals surface area (Å²) in [6.45, 7) is 5.73. The smallest absolute Gasteiger partial charge is 0.323 e. The molecule has 0 saturated carbocycles. The first-order chi connectivity index (χ1) is 8.82. The Kier molecular flexibility index (Phi) is 5.36. The molecule has 5 heteroatoms. The van der Waals surface area contributed by atoms with Crippen molar-refractivity contribution in [2.24, 2.45) is 5.92 Å². The second-order valence-electron chi connectivity index (χ2n) is 4.89. The van der Waals surface area contributed by atoms with Crippen LogP contribution < -0.4 is 0 Å². The van der Waals surface area contributed by atoms with Gasteiger partial charge in [-0.3, -0.25) is 9.59 Å². The fourth-order valence-corrected chi connectivity index (χ4v) is 2.01. The first-order valence-corrected chi connectivity index (χ1v) is 6.47. The second kappa shape index (κ2) is 6.57. The zero-order chi connectivity index (χ0) is 14.6. The van der Waals surface area contributed by atoms with Gasteiger partial charge in [-0.1, -0.05) is 31.5 Å². The number of carbonyl (C=O) groups is 2. The van der Waals surface area contributed by atoms with E-state index in [0.29, 0.717) is 22.7 Å². The molecule has 4 nitrogen and oxygen atoms in total. The van der Waals surface area contributed by atoms with Gasteiger partial charge in [0.15, 0.2) is 0 Å². The summed E-state index contributed by atoms with van der Waals surface area (Å²) in [5.74, 6) is -1.12. The number of amides is 1. The first kappa shape index (κ1) is 15.5. The third-order valence-corrected chi connectivity index (χ3v) is 3.11. The number of benzene rings is 1. The summed E-state index contributed by atoms with van der Waals surface area (Å²) in [7, 11) is 0. The monoisotopic (exact) mass is 283 g/mol. The molecule has 0 fully saturated rings. The molecule has 0 aliphatic heterocycles. The van der Waals surface area contributed by atoms with Crippen LogP contribution in [0.3, 0.4) is 0 Å². The fourth-order valence-electron chi connectivity index (χ4n) is 1.83. The van der Waals surface area contributed by atoms with E-state index < -0.39 is 5.97 Å².